The third-order valence-electron chi connectivity index (χ3n) is 2.75. The van der Waals surface area contributed by atoms with Crippen LogP contribution >= 0.6 is 0 Å². The largest absolute Gasteiger partial charge is 0.481 e. The molecule has 0 unspecified atom stereocenters. The third-order valence-corrected chi connectivity index (χ3v) is 2.75. The van der Waals surface area contributed by atoms with Crippen molar-refractivity contribution >= 4 is 5.91 Å². The Morgan fingerprint density at radius 3 is 2.28 bits per heavy atom. The maximum atomic E-state index is 11.5. The van der Waals surface area contributed by atoms with E-state index in [2.05, 4.69) is 26.1 Å². The Morgan fingerprint density at radius 1 is 1.28 bits per heavy atom. The Morgan fingerprint density at radius 2 is 1.83 bits per heavy atom. The zero-order chi connectivity index (χ0) is 13.8. The molecular formula is C15H23NO2. The Balaban J connectivity index is 2.67. The molecule has 1 aromatic rings. The van der Waals surface area contributed by atoms with Gasteiger partial charge < -0.3 is 10.1 Å². The molecule has 1 aromatic carbocycles. The smallest absolute Gasteiger partial charge is 0.260 e. The standard InChI is InChI=1S/C15H23NO2/c1-6-16-14(17)11(2)18-13-9-7-12(8-10-13)15(3,4)5/h7-11H,6H2,1-5H3,(H,16,17)/t11-/m1/s1. The zero-order valence-corrected chi connectivity index (χ0v) is 11.9. The predicted octanol–water partition coefficient (Wildman–Crippen LogP) is 2.89. The molecule has 0 saturated heterocycles. The van der Waals surface area contributed by atoms with Crippen LogP contribution in [0.5, 0.6) is 5.75 Å². The molecule has 1 N–H and O–H groups in total. The number of amides is 1. The average Bonchev–Trinajstić information content (AvgIpc) is 2.28. The number of hydrogen-bond donors (Lipinski definition) is 1. The molecule has 0 fully saturated rings. The van der Waals surface area contributed by atoms with Crippen LogP contribution < -0.4 is 10.1 Å². The molecule has 100 valence electrons. The molecule has 18 heavy (non-hydrogen) atoms. The first-order chi connectivity index (χ1) is 8.34. The molecule has 0 aromatic heterocycles. The number of likely N-dealkylation sites (N-methyl/N-ethyl adjacent to an activating group) is 1. The van der Waals surface area contributed by atoms with Crippen LogP contribution in [0.2, 0.25) is 0 Å². The molecule has 3 nitrogen and oxygen atoms in total. The highest BCUT2D eigenvalue weighted by Crippen LogP contribution is 2.24. The van der Waals surface area contributed by atoms with Crippen molar-refractivity contribution in [3.05, 3.63) is 29.8 Å². The molecule has 1 atom stereocenters. The number of carbonyl (C=O) groups excluding carboxylic acids is 1. The molecule has 1 rings (SSSR count). The van der Waals surface area contributed by atoms with E-state index >= 15 is 0 Å². The summed E-state index contributed by atoms with van der Waals surface area (Å²) in [6, 6.07) is 7.91. The number of ether oxygens (including phenoxy) is 1. The minimum atomic E-state index is -0.467. The Hall–Kier alpha value is -1.51. The Bertz CT molecular complexity index is 390. The third kappa shape index (κ3) is 4.06. The maximum Gasteiger partial charge on any atom is 0.260 e. The lowest BCUT2D eigenvalue weighted by molar-refractivity contribution is -0.127. The quantitative estimate of drug-likeness (QED) is 0.891. The number of nitrogens with one attached hydrogen (secondary N) is 1. The van der Waals surface area contributed by atoms with Gasteiger partial charge in [0.1, 0.15) is 5.75 Å². The molecule has 0 aliphatic heterocycles. The first-order valence-corrected chi connectivity index (χ1v) is 6.39. The summed E-state index contributed by atoms with van der Waals surface area (Å²) >= 11 is 0. The maximum absolute atomic E-state index is 11.5. The summed E-state index contributed by atoms with van der Waals surface area (Å²) in [4.78, 5) is 11.5. The second-order valence-corrected chi connectivity index (χ2v) is 5.43. The van der Waals surface area contributed by atoms with Crippen LogP contribution in [0.25, 0.3) is 0 Å². The van der Waals surface area contributed by atoms with E-state index in [1.54, 1.807) is 6.92 Å². The van der Waals surface area contributed by atoms with E-state index in [1.165, 1.54) is 5.56 Å². The van der Waals surface area contributed by atoms with Gasteiger partial charge in [0.05, 0.1) is 0 Å². The van der Waals surface area contributed by atoms with Crippen molar-refractivity contribution in [3.8, 4) is 5.75 Å². The highest BCUT2D eigenvalue weighted by atomic mass is 16.5. The molecule has 0 spiro atoms. The van der Waals surface area contributed by atoms with Gasteiger partial charge in [0.25, 0.3) is 5.91 Å². The van der Waals surface area contributed by atoms with Gasteiger partial charge in [0.15, 0.2) is 6.10 Å². The van der Waals surface area contributed by atoms with E-state index < -0.39 is 6.10 Å². The molecular weight excluding hydrogens is 226 g/mol. The van der Waals surface area contributed by atoms with Crippen LogP contribution in [0.4, 0.5) is 0 Å². The summed E-state index contributed by atoms with van der Waals surface area (Å²) in [6.45, 7) is 10.8. The van der Waals surface area contributed by atoms with E-state index in [0.29, 0.717) is 6.54 Å². The fraction of sp³-hybridized carbons (Fsp3) is 0.533. The van der Waals surface area contributed by atoms with E-state index in [1.807, 2.05) is 31.2 Å². The molecule has 0 aliphatic rings. The molecule has 0 aliphatic carbocycles. The monoisotopic (exact) mass is 249 g/mol. The minimum absolute atomic E-state index is 0.0857. The highest BCUT2D eigenvalue weighted by Gasteiger charge is 2.15. The fourth-order valence-corrected chi connectivity index (χ4v) is 1.61. The van der Waals surface area contributed by atoms with Crippen LogP contribution in [-0.2, 0) is 10.2 Å². The van der Waals surface area contributed by atoms with Crippen molar-refractivity contribution in [1.29, 1.82) is 0 Å². The van der Waals surface area contributed by atoms with Crippen molar-refractivity contribution in [2.75, 3.05) is 6.54 Å². The van der Waals surface area contributed by atoms with E-state index in [-0.39, 0.29) is 11.3 Å². The summed E-state index contributed by atoms with van der Waals surface area (Å²) in [7, 11) is 0. The van der Waals surface area contributed by atoms with Crippen molar-refractivity contribution < 1.29 is 9.53 Å². The van der Waals surface area contributed by atoms with Gasteiger partial charge in [-0.05, 0) is 37.0 Å². The van der Waals surface area contributed by atoms with Gasteiger partial charge in [-0.25, -0.2) is 0 Å². The zero-order valence-electron chi connectivity index (χ0n) is 11.9. The molecule has 0 radical (unpaired) electrons. The van der Waals surface area contributed by atoms with Gasteiger partial charge in [0, 0.05) is 6.54 Å². The fourth-order valence-electron chi connectivity index (χ4n) is 1.61. The Kier molecular flexibility index (Phi) is 4.76. The van der Waals surface area contributed by atoms with Gasteiger partial charge in [0.2, 0.25) is 0 Å². The number of benzene rings is 1. The molecule has 0 heterocycles. The topological polar surface area (TPSA) is 38.3 Å². The second kappa shape index (κ2) is 5.89. The first kappa shape index (κ1) is 14.6. The van der Waals surface area contributed by atoms with Gasteiger partial charge in [-0.1, -0.05) is 32.9 Å². The molecule has 0 bridgehead atoms. The normalized spacial score (nSPS) is 12.9. The van der Waals surface area contributed by atoms with Crippen LogP contribution in [0.15, 0.2) is 24.3 Å². The Labute approximate surface area is 110 Å². The van der Waals surface area contributed by atoms with Crippen LogP contribution in [-0.4, -0.2) is 18.6 Å². The summed E-state index contributed by atoms with van der Waals surface area (Å²) in [5, 5.41) is 2.74. The van der Waals surface area contributed by atoms with Gasteiger partial charge in [-0.3, -0.25) is 4.79 Å². The summed E-state index contributed by atoms with van der Waals surface area (Å²) < 4.78 is 5.58. The van der Waals surface area contributed by atoms with Crippen LogP contribution in [0.1, 0.15) is 40.2 Å². The minimum Gasteiger partial charge on any atom is -0.481 e. The lowest BCUT2D eigenvalue weighted by Crippen LogP contribution is -2.36. The molecule has 1 amide bonds. The van der Waals surface area contributed by atoms with E-state index in [0.717, 1.165) is 5.75 Å². The van der Waals surface area contributed by atoms with Gasteiger partial charge in [-0.2, -0.15) is 0 Å². The van der Waals surface area contributed by atoms with E-state index in [9.17, 15) is 4.79 Å². The lowest BCUT2D eigenvalue weighted by atomic mass is 9.87. The molecule has 3 heteroatoms. The molecule has 0 saturated carbocycles. The number of rotatable bonds is 4. The van der Waals surface area contributed by atoms with Crippen molar-refractivity contribution in [1.82, 2.24) is 5.32 Å². The van der Waals surface area contributed by atoms with Crippen molar-refractivity contribution in [3.63, 3.8) is 0 Å². The van der Waals surface area contributed by atoms with Gasteiger partial charge >= 0.3 is 0 Å². The van der Waals surface area contributed by atoms with Crippen LogP contribution in [0, 0.1) is 0 Å². The average molecular weight is 249 g/mol. The second-order valence-electron chi connectivity index (χ2n) is 5.43. The summed E-state index contributed by atoms with van der Waals surface area (Å²) in [5.74, 6) is 0.638. The SMILES string of the molecule is CCNC(=O)[C@@H](C)Oc1ccc(C(C)(C)C)cc1. The van der Waals surface area contributed by atoms with Crippen molar-refractivity contribution in [2.45, 2.75) is 46.1 Å². The number of carbonyl (C=O) groups is 1. The van der Waals surface area contributed by atoms with Gasteiger partial charge in [-0.15, -0.1) is 0 Å². The predicted molar refractivity (Wildman–Crippen MR) is 73.9 cm³/mol. The lowest BCUT2D eigenvalue weighted by Gasteiger charge is -2.20. The van der Waals surface area contributed by atoms with Crippen molar-refractivity contribution in [2.24, 2.45) is 0 Å². The summed E-state index contributed by atoms with van der Waals surface area (Å²) in [5.41, 5.74) is 1.38. The van der Waals surface area contributed by atoms with E-state index in [4.69, 9.17) is 4.74 Å². The van der Waals surface area contributed by atoms with Crippen LogP contribution in [0.3, 0.4) is 0 Å². The first-order valence-electron chi connectivity index (χ1n) is 6.39. The summed E-state index contributed by atoms with van der Waals surface area (Å²) in [6.07, 6.45) is -0.467. The highest BCUT2D eigenvalue weighted by molar-refractivity contribution is 5.80. The number of hydrogen-bond acceptors (Lipinski definition) is 2.